The summed E-state index contributed by atoms with van der Waals surface area (Å²) < 4.78 is 12.9. The molecule has 3 aliphatic rings. The van der Waals surface area contributed by atoms with Gasteiger partial charge in [-0.3, -0.25) is 9.59 Å². The first-order valence-electron chi connectivity index (χ1n) is 11.3. The monoisotopic (exact) mass is 449 g/mol. The predicted octanol–water partition coefficient (Wildman–Crippen LogP) is 2.66. The van der Waals surface area contributed by atoms with Crippen LogP contribution in [0, 0.1) is 6.92 Å². The smallest absolute Gasteiger partial charge is 0.341 e. The van der Waals surface area contributed by atoms with Gasteiger partial charge in [0.2, 0.25) is 11.8 Å². The van der Waals surface area contributed by atoms with Crippen molar-refractivity contribution in [3.8, 4) is 5.75 Å². The molecule has 1 fully saturated rings. The molecule has 5 rings (SSSR count). The summed E-state index contributed by atoms with van der Waals surface area (Å²) in [5.74, 6) is -1.20. The fraction of sp³-hybridized carbons (Fsp3) is 0.400. The number of aromatic nitrogens is 1. The van der Waals surface area contributed by atoms with E-state index in [1.807, 2.05) is 32.9 Å². The second kappa shape index (κ2) is 7.23. The topological polar surface area (TPSA) is 104 Å². The lowest BCUT2D eigenvalue weighted by Gasteiger charge is -2.36. The Labute approximate surface area is 191 Å². The van der Waals surface area contributed by atoms with Crippen LogP contribution < -0.4 is 20.9 Å². The van der Waals surface area contributed by atoms with E-state index in [0.29, 0.717) is 11.3 Å². The van der Waals surface area contributed by atoms with E-state index in [0.717, 1.165) is 18.5 Å². The average molecular weight is 450 g/mol. The quantitative estimate of drug-likeness (QED) is 0.720. The Hall–Kier alpha value is -3.55. The van der Waals surface area contributed by atoms with Crippen LogP contribution in [0.2, 0.25) is 0 Å². The first-order valence-corrected chi connectivity index (χ1v) is 11.3. The molecule has 1 unspecified atom stereocenters. The van der Waals surface area contributed by atoms with Crippen LogP contribution >= 0.6 is 0 Å². The van der Waals surface area contributed by atoms with Crippen molar-refractivity contribution < 1.29 is 19.1 Å². The molecule has 0 saturated heterocycles. The number of benzene rings is 1. The van der Waals surface area contributed by atoms with E-state index < -0.39 is 17.3 Å². The number of pyridine rings is 1. The number of hydrogen-bond acceptors (Lipinski definition) is 6. The normalized spacial score (nSPS) is 21.4. The van der Waals surface area contributed by atoms with E-state index in [1.54, 1.807) is 34.6 Å². The number of fused-ring (bicyclic) bond motifs is 4. The lowest BCUT2D eigenvalue weighted by Crippen LogP contribution is -2.53. The Bertz CT molecular complexity index is 1290. The fourth-order valence-electron chi connectivity index (χ4n) is 5.27. The summed E-state index contributed by atoms with van der Waals surface area (Å²) in [5.41, 5.74) is 6.10. The highest BCUT2D eigenvalue weighted by Gasteiger charge is 2.63. The van der Waals surface area contributed by atoms with Gasteiger partial charge in [0.25, 0.3) is 5.56 Å². The third-order valence-electron chi connectivity index (χ3n) is 6.63. The molecule has 1 amide bonds. The first-order chi connectivity index (χ1) is 15.7. The SMILES string of the molecule is CCOC(=O)C1=C(N)Oc2cc(C)n(C3CC3)c(=O)c2C12C(=O)N(C(C)C)c1ccccc12. The molecule has 2 N–H and O–H groups in total. The van der Waals surface area contributed by atoms with Crippen LogP contribution in [0.5, 0.6) is 5.75 Å². The minimum absolute atomic E-state index is 0.0714. The van der Waals surface area contributed by atoms with Gasteiger partial charge in [-0.05, 0) is 46.6 Å². The van der Waals surface area contributed by atoms with Gasteiger partial charge in [0.05, 0.1) is 12.2 Å². The van der Waals surface area contributed by atoms with Crippen LogP contribution in [0.4, 0.5) is 5.69 Å². The zero-order chi connectivity index (χ0) is 23.7. The van der Waals surface area contributed by atoms with Gasteiger partial charge in [-0.2, -0.15) is 0 Å². The third kappa shape index (κ3) is 2.73. The Balaban J connectivity index is 1.94. The highest BCUT2D eigenvalue weighted by atomic mass is 16.5. The third-order valence-corrected chi connectivity index (χ3v) is 6.63. The number of para-hydroxylation sites is 1. The number of carbonyl (C=O) groups is 2. The molecule has 1 spiro atoms. The predicted molar refractivity (Wildman–Crippen MR) is 122 cm³/mol. The second-order valence-corrected chi connectivity index (χ2v) is 9.03. The zero-order valence-electron chi connectivity index (χ0n) is 19.2. The molecule has 2 aliphatic heterocycles. The summed E-state index contributed by atoms with van der Waals surface area (Å²) >= 11 is 0. The molecule has 0 bridgehead atoms. The minimum atomic E-state index is -1.74. The van der Waals surface area contributed by atoms with Gasteiger partial charge < -0.3 is 24.7 Å². The van der Waals surface area contributed by atoms with Crippen molar-refractivity contribution >= 4 is 17.6 Å². The zero-order valence-corrected chi connectivity index (χ0v) is 19.2. The first kappa shape index (κ1) is 21.3. The van der Waals surface area contributed by atoms with E-state index >= 15 is 0 Å². The molecule has 172 valence electrons. The molecule has 1 aliphatic carbocycles. The van der Waals surface area contributed by atoms with Gasteiger partial charge in [-0.1, -0.05) is 18.2 Å². The number of anilines is 1. The summed E-state index contributed by atoms with van der Waals surface area (Å²) in [5, 5.41) is 0. The van der Waals surface area contributed by atoms with E-state index in [9.17, 15) is 14.4 Å². The Morgan fingerprint density at radius 2 is 1.97 bits per heavy atom. The maximum Gasteiger partial charge on any atom is 0.341 e. The van der Waals surface area contributed by atoms with Crippen molar-refractivity contribution in [1.29, 1.82) is 0 Å². The highest BCUT2D eigenvalue weighted by molar-refractivity contribution is 6.18. The van der Waals surface area contributed by atoms with Gasteiger partial charge in [0.15, 0.2) is 0 Å². The molecule has 1 aromatic carbocycles. The maximum absolute atomic E-state index is 14.4. The number of amides is 1. The van der Waals surface area contributed by atoms with Gasteiger partial charge in [-0.25, -0.2) is 4.79 Å². The van der Waals surface area contributed by atoms with Crippen LogP contribution in [0.3, 0.4) is 0 Å². The summed E-state index contributed by atoms with van der Waals surface area (Å²) in [7, 11) is 0. The van der Waals surface area contributed by atoms with E-state index in [2.05, 4.69) is 0 Å². The average Bonchev–Trinajstić information content (AvgIpc) is 3.54. The second-order valence-electron chi connectivity index (χ2n) is 9.03. The molecule has 8 nitrogen and oxygen atoms in total. The van der Waals surface area contributed by atoms with Gasteiger partial charge in [0, 0.05) is 35.1 Å². The van der Waals surface area contributed by atoms with Crippen molar-refractivity contribution in [1.82, 2.24) is 4.57 Å². The number of hydrogen-bond donors (Lipinski definition) is 1. The van der Waals surface area contributed by atoms with Gasteiger partial charge in [0.1, 0.15) is 16.7 Å². The van der Waals surface area contributed by atoms with Crippen LogP contribution in [-0.2, 0) is 19.7 Å². The molecule has 1 aromatic heterocycles. The number of esters is 1. The number of rotatable bonds is 4. The van der Waals surface area contributed by atoms with Crippen molar-refractivity contribution in [3.63, 3.8) is 0 Å². The van der Waals surface area contributed by atoms with Crippen LogP contribution in [0.1, 0.15) is 56.5 Å². The molecule has 1 saturated carbocycles. The lowest BCUT2D eigenvalue weighted by molar-refractivity contribution is -0.141. The highest BCUT2D eigenvalue weighted by Crippen LogP contribution is 2.55. The molecule has 8 heteroatoms. The van der Waals surface area contributed by atoms with Crippen LogP contribution in [-0.4, -0.2) is 29.1 Å². The maximum atomic E-state index is 14.4. The summed E-state index contributed by atoms with van der Waals surface area (Å²) in [6.07, 6.45) is 1.78. The number of ether oxygens (including phenoxy) is 2. The number of nitrogens with two attached hydrogens (primary N) is 1. The van der Waals surface area contributed by atoms with Gasteiger partial charge in [-0.15, -0.1) is 0 Å². The fourth-order valence-corrected chi connectivity index (χ4v) is 5.27. The van der Waals surface area contributed by atoms with E-state index in [1.165, 1.54) is 0 Å². The Morgan fingerprint density at radius 1 is 1.27 bits per heavy atom. The number of carbonyl (C=O) groups excluding carboxylic acids is 2. The molecular weight excluding hydrogens is 422 g/mol. The lowest BCUT2D eigenvalue weighted by atomic mass is 9.68. The van der Waals surface area contributed by atoms with Gasteiger partial charge >= 0.3 is 5.97 Å². The number of aryl methyl sites for hydroxylation is 1. The van der Waals surface area contributed by atoms with Crippen LogP contribution in [0.25, 0.3) is 0 Å². The minimum Gasteiger partial charge on any atom is -0.462 e. The van der Waals surface area contributed by atoms with Crippen molar-refractivity contribution in [2.24, 2.45) is 5.73 Å². The van der Waals surface area contributed by atoms with Crippen molar-refractivity contribution in [2.45, 2.75) is 58.0 Å². The van der Waals surface area contributed by atoms with E-state index in [4.69, 9.17) is 15.2 Å². The molecular formula is C25H27N3O5. The summed E-state index contributed by atoms with van der Waals surface area (Å²) in [4.78, 5) is 43.3. The molecule has 0 radical (unpaired) electrons. The Kier molecular flexibility index (Phi) is 4.67. The molecule has 3 heterocycles. The molecule has 33 heavy (non-hydrogen) atoms. The van der Waals surface area contributed by atoms with Crippen LogP contribution in [0.15, 0.2) is 46.6 Å². The Morgan fingerprint density at radius 3 is 2.61 bits per heavy atom. The van der Waals surface area contributed by atoms with E-state index in [-0.39, 0.29) is 47.0 Å². The van der Waals surface area contributed by atoms with Crippen molar-refractivity contribution in [2.75, 3.05) is 11.5 Å². The molecule has 1 atom stereocenters. The largest absolute Gasteiger partial charge is 0.462 e. The van der Waals surface area contributed by atoms with Crippen molar-refractivity contribution in [3.05, 3.63) is 69.0 Å². The summed E-state index contributed by atoms with van der Waals surface area (Å²) in [6, 6.07) is 8.81. The molecule has 2 aromatic rings. The standard InChI is InChI=1S/C25H27N3O5/c1-5-32-23(30)20-21(26)33-18-12-14(4)28(15-10-11-15)22(29)19(18)25(20)16-8-6-7-9-17(16)27(13(2)3)24(25)31/h6-9,12-13,15H,5,10-11,26H2,1-4H3. The number of nitrogens with zero attached hydrogens (tertiary/aromatic N) is 2. The summed E-state index contributed by atoms with van der Waals surface area (Å²) in [6.45, 7) is 7.38.